The van der Waals surface area contributed by atoms with E-state index in [4.69, 9.17) is 0 Å². The van der Waals surface area contributed by atoms with Crippen LogP contribution in [0.3, 0.4) is 0 Å². The molecule has 0 unspecified atom stereocenters. The smallest absolute Gasteiger partial charge is 0.501 e. The summed E-state index contributed by atoms with van der Waals surface area (Å²) < 4.78 is 107. The number of aromatic nitrogens is 1. The van der Waals surface area contributed by atoms with Gasteiger partial charge in [0.1, 0.15) is 5.71 Å². The van der Waals surface area contributed by atoms with Crippen LogP contribution in [-0.4, -0.2) is 36.2 Å². The fourth-order valence-corrected chi connectivity index (χ4v) is 2.38. The molecule has 0 aliphatic carbocycles. The normalized spacial score (nSPS) is 18.6. The number of hydrogen-bond acceptors (Lipinski definition) is 5. The van der Waals surface area contributed by atoms with Crippen molar-refractivity contribution in [3.8, 4) is 0 Å². The van der Waals surface area contributed by atoms with Crippen molar-refractivity contribution in [2.75, 3.05) is 0 Å². The first-order valence-electron chi connectivity index (χ1n) is 8.53. The second kappa shape index (κ2) is 9.06. The number of rotatable bonds is 6. The molecule has 5 nitrogen and oxygen atoms in total. The van der Waals surface area contributed by atoms with Crippen LogP contribution in [0.25, 0.3) is 0 Å². The van der Waals surface area contributed by atoms with Crippen LogP contribution in [0.5, 0.6) is 0 Å². The maximum absolute atomic E-state index is 13.4. The van der Waals surface area contributed by atoms with Crippen LogP contribution >= 0.6 is 0 Å². The van der Waals surface area contributed by atoms with Crippen molar-refractivity contribution >= 4 is 18.9 Å². The quantitative estimate of drug-likeness (QED) is 0.290. The molecule has 0 spiro atoms. The molecule has 0 bridgehead atoms. The number of nitrogens with one attached hydrogen (secondary N) is 1. The number of nitrogens with zero attached hydrogens (tertiary/aromatic N) is 3. The predicted molar refractivity (Wildman–Crippen MR) is 97.1 cm³/mol. The lowest BCUT2D eigenvalue weighted by atomic mass is 9.84. The Kier molecular flexibility index (Phi) is 7.12. The first-order chi connectivity index (χ1) is 14.2. The third-order valence-corrected chi connectivity index (χ3v) is 4.08. The van der Waals surface area contributed by atoms with Crippen molar-refractivity contribution in [2.24, 2.45) is 15.5 Å². The Hall–Kier alpha value is -2.93. The predicted octanol–water partition coefficient (Wildman–Crippen LogP) is 4.84. The van der Waals surface area contributed by atoms with Gasteiger partial charge in [-0.25, -0.2) is 8.63 Å². The number of aliphatic imine (C=N–C) groups is 1. The summed E-state index contributed by atoms with van der Waals surface area (Å²) in [4.78, 5) is 7.36. The molecule has 0 atom stereocenters. The lowest BCUT2D eigenvalue weighted by Crippen LogP contribution is -2.28. The first-order valence-corrected chi connectivity index (χ1v) is 8.53. The average Bonchev–Trinajstić information content (AvgIpc) is 2.90. The lowest BCUT2D eigenvalue weighted by molar-refractivity contribution is -0.118. The Labute approximate surface area is 171 Å². The fourth-order valence-electron chi connectivity index (χ4n) is 2.38. The van der Waals surface area contributed by atoms with E-state index in [1.807, 2.05) is 0 Å². The molecule has 0 fully saturated rings. The minimum absolute atomic E-state index is 0.207. The van der Waals surface area contributed by atoms with Gasteiger partial charge in [-0.15, -0.1) is 0 Å². The first kappa shape index (κ1) is 24.3. The van der Waals surface area contributed by atoms with E-state index in [1.165, 1.54) is 26.1 Å². The molecule has 0 aromatic carbocycles. The van der Waals surface area contributed by atoms with Gasteiger partial charge in [0, 0.05) is 18.0 Å². The van der Waals surface area contributed by atoms with Gasteiger partial charge in [-0.1, -0.05) is 6.07 Å². The van der Waals surface area contributed by atoms with E-state index in [-0.39, 0.29) is 17.5 Å². The monoisotopic (exact) mass is 454 g/mol. The summed E-state index contributed by atoms with van der Waals surface area (Å²) in [7, 11) is -3.75. The van der Waals surface area contributed by atoms with Crippen molar-refractivity contribution in [2.45, 2.75) is 32.7 Å². The highest BCUT2D eigenvalue weighted by Gasteiger charge is 2.43. The van der Waals surface area contributed by atoms with Crippen LogP contribution in [0.1, 0.15) is 19.5 Å². The summed E-state index contributed by atoms with van der Waals surface area (Å²) in [6.07, 6.45) is -7.96. The van der Waals surface area contributed by atoms with E-state index in [0.717, 1.165) is 0 Å². The Morgan fingerprint density at radius 3 is 2.35 bits per heavy atom. The van der Waals surface area contributed by atoms with Crippen LogP contribution in [0, 0.1) is 5.41 Å². The van der Waals surface area contributed by atoms with Gasteiger partial charge in [0.05, 0.1) is 23.4 Å². The van der Waals surface area contributed by atoms with E-state index in [0.29, 0.717) is 6.08 Å². The number of halogens is 8. The summed E-state index contributed by atoms with van der Waals surface area (Å²) in [5.41, 5.74) is -1.09. The molecular weight excluding hydrogens is 439 g/mol. The van der Waals surface area contributed by atoms with Crippen molar-refractivity contribution < 1.29 is 39.6 Å². The molecule has 0 saturated carbocycles. The molecule has 1 N–H and O–H groups in total. The topological polar surface area (TPSA) is 58.9 Å². The van der Waals surface area contributed by atoms with Gasteiger partial charge in [0.25, 0.3) is 0 Å². The molecule has 1 aliphatic rings. The molecule has 2 rings (SSSR count). The molecular formula is C17H15BF8N4O. The Morgan fingerprint density at radius 1 is 1.16 bits per heavy atom. The third kappa shape index (κ3) is 6.53. The zero-order valence-corrected chi connectivity index (χ0v) is 16.0. The minimum Gasteiger partial charge on any atom is -0.501 e. The number of hydrogen-bond donors (Lipinski definition) is 1. The molecule has 0 amide bonds. The Bertz CT molecular complexity index is 905. The molecule has 1 aromatic rings. The van der Waals surface area contributed by atoms with E-state index in [9.17, 15) is 35.0 Å². The molecule has 0 saturated heterocycles. The van der Waals surface area contributed by atoms with E-state index in [2.05, 4.69) is 25.2 Å². The SMILES string of the molecule is CC1(C)C(/C=C(\OB(F)F)C(F)(F)F)=NN/C1=C\C(=NCc1ccccn1)C(F)(F)F. The van der Waals surface area contributed by atoms with Gasteiger partial charge in [-0.3, -0.25) is 15.4 Å². The highest BCUT2D eigenvalue weighted by molar-refractivity contribution is 6.35. The van der Waals surface area contributed by atoms with Crippen LogP contribution in [0.2, 0.25) is 0 Å². The lowest BCUT2D eigenvalue weighted by Gasteiger charge is -2.21. The van der Waals surface area contributed by atoms with Gasteiger partial charge in [-0.2, -0.15) is 31.4 Å². The van der Waals surface area contributed by atoms with Crippen molar-refractivity contribution in [3.63, 3.8) is 0 Å². The highest BCUT2D eigenvalue weighted by atomic mass is 19.4. The van der Waals surface area contributed by atoms with Crippen LogP contribution < -0.4 is 5.43 Å². The highest BCUT2D eigenvalue weighted by Crippen LogP contribution is 2.36. The van der Waals surface area contributed by atoms with Gasteiger partial charge in [0.15, 0.2) is 5.76 Å². The van der Waals surface area contributed by atoms with Crippen LogP contribution in [0.15, 0.2) is 58.1 Å². The Balaban J connectivity index is 2.36. The van der Waals surface area contributed by atoms with Crippen molar-refractivity contribution in [1.82, 2.24) is 10.4 Å². The second-order valence-electron chi connectivity index (χ2n) is 6.70. The van der Waals surface area contributed by atoms with Gasteiger partial charge in [0.2, 0.25) is 0 Å². The summed E-state index contributed by atoms with van der Waals surface area (Å²) in [6, 6.07) is 4.61. The number of allylic oxidation sites excluding steroid dienone is 4. The molecule has 1 aromatic heterocycles. The fraction of sp³-hybridized carbons (Fsp3) is 0.353. The minimum atomic E-state index is -5.26. The largest absolute Gasteiger partial charge is 0.796 e. The van der Waals surface area contributed by atoms with Gasteiger partial charge >= 0.3 is 19.8 Å². The molecule has 14 heteroatoms. The number of hydrazone groups is 1. The number of pyridine rings is 1. The summed E-state index contributed by atoms with van der Waals surface area (Å²) in [5.74, 6) is -2.03. The van der Waals surface area contributed by atoms with Gasteiger partial charge < -0.3 is 4.65 Å². The molecule has 168 valence electrons. The zero-order chi connectivity index (χ0) is 23.4. The van der Waals surface area contributed by atoms with E-state index in [1.54, 1.807) is 12.1 Å². The van der Waals surface area contributed by atoms with Crippen molar-refractivity contribution in [3.05, 3.63) is 53.7 Å². The maximum atomic E-state index is 13.4. The standard InChI is InChI=1S/C17H15BF8N4O/c1-15(2)11(29-30-12(15)8-14(17(22,23)24)31-18(25)26)7-13(16(19,20)21)28-9-10-5-3-4-6-27-10/h3-8,29H,9H2,1-2H3/b11-7-,14-8-,28-13?. The number of alkyl halides is 6. The Morgan fingerprint density at radius 2 is 1.84 bits per heavy atom. The van der Waals surface area contributed by atoms with E-state index < -0.39 is 49.0 Å². The summed E-state index contributed by atoms with van der Waals surface area (Å²) in [6.45, 7) is 2.13. The van der Waals surface area contributed by atoms with E-state index >= 15 is 0 Å². The van der Waals surface area contributed by atoms with Gasteiger partial charge in [-0.05, 0) is 32.1 Å². The maximum Gasteiger partial charge on any atom is 0.796 e. The molecule has 0 radical (unpaired) electrons. The third-order valence-electron chi connectivity index (χ3n) is 4.08. The van der Waals surface area contributed by atoms with Crippen LogP contribution in [0.4, 0.5) is 35.0 Å². The van der Waals surface area contributed by atoms with Crippen molar-refractivity contribution in [1.29, 1.82) is 0 Å². The summed E-state index contributed by atoms with van der Waals surface area (Å²) >= 11 is 0. The molecule has 31 heavy (non-hydrogen) atoms. The van der Waals surface area contributed by atoms with Crippen LogP contribution in [-0.2, 0) is 11.2 Å². The zero-order valence-electron chi connectivity index (χ0n) is 16.0. The molecule has 1 aliphatic heterocycles. The average molecular weight is 454 g/mol. The second-order valence-corrected chi connectivity index (χ2v) is 6.70. The summed E-state index contributed by atoms with van der Waals surface area (Å²) in [5, 5.41) is 3.55. The molecule has 2 heterocycles.